The van der Waals surface area contributed by atoms with Crippen LogP contribution < -0.4 is 0 Å². The van der Waals surface area contributed by atoms with Crippen molar-refractivity contribution in [2.75, 3.05) is 0 Å². The summed E-state index contributed by atoms with van der Waals surface area (Å²) in [6, 6.07) is 13.4. The van der Waals surface area contributed by atoms with Crippen LogP contribution in [-0.2, 0) is 0 Å². The second kappa shape index (κ2) is 4.82. The van der Waals surface area contributed by atoms with E-state index in [0.29, 0.717) is 11.3 Å². The van der Waals surface area contributed by atoms with Gasteiger partial charge in [-0.25, -0.2) is 9.37 Å². The molecule has 0 bridgehead atoms. The van der Waals surface area contributed by atoms with Crippen LogP contribution in [0.2, 0.25) is 0 Å². The molecule has 0 aliphatic heterocycles. The van der Waals surface area contributed by atoms with Crippen molar-refractivity contribution < 1.29 is 9.50 Å². The van der Waals surface area contributed by atoms with Gasteiger partial charge < -0.3 is 5.11 Å². The average Bonchev–Trinajstić information content (AvgIpc) is 2.89. The zero-order valence-electron chi connectivity index (χ0n) is 9.88. The van der Waals surface area contributed by atoms with Crippen molar-refractivity contribution in [3.8, 4) is 27.6 Å². The number of aromatic nitrogens is 1. The van der Waals surface area contributed by atoms with Crippen LogP contribution in [-0.4, -0.2) is 10.1 Å². The van der Waals surface area contributed by atoms with Crippen LogP contribution in [0, 0.1) is 5.82 Å². The van der Waals surface area contributed by atoms with E-state index in [4.69, 9.17) is 0 Å². The van der Waals surface area contributed by atoms with E-state index in [-0.39, 0.29) is 11.6 Å². The lowest BCUT2D eigenvalue weighted by molar-refractivity contribution is 0.477. The smallest absolute Gasteiger partial charge is 0.127 e. The predicted molar refractivity (Wildman–Crippen MR) is 74.6 cm³/mol. The highest BCUT2D eigenvalue weighted by Crippen LogP contribution is 2.33. The fraction of sp³-hybridized carbons (Fsp3) is 0. The number of hydrogen-bond donors (Lipinski definition) is 1. The van der Waals surface area contributed by atoms with E-state index in [0.717, 1.165) is 10.6 Å². The standard InChI is InChI=1S/C15H10FNOS/c16-11-5-3-4-10(8-11)13-9-19-15(17-13)12-6-1-2-7-14(12)18/h1-9,18H. The molecule has 0 unspecified atom stereocenters. The van der Waals surface area contributed by atoms with Gasteiger partial charge in [-0.2, -0.15) is 0 Å². The van der Waals surface area contributed by atoms with E-state index in [9.17, 15) is 9.50 Å². The lowest BCUT2D eigenvalue weighted by Gasteiger charge is -1.99. The molecule has 4 heteroatoms. The summed E-state index contributed by atoms with van der Waals surface area (Å²) in [5.74, 6) is -0.0859. The highest BCUT2D eigenvalue weighted by molar-refractivity contribution is 7.13. The second-order valence-corrected chi connectivity index (χ2v) is 4.92. The highest BCUT2D eigenvalue weighted by atomic mass is 32.1. The van der Waals surface area contributed by atoms with E-state index in [1.807, 2.05) is 23.6 Å². The number of aromatic hydroxyl groups is 1. The van der Waals surface area contributed by atoms with Gasteiger partial charge in [0.15, 0.2) is 0 Å². The summed E-state index contributed by atoms with van der Waals surface area (Å²) in [7, 11) is 0. The van der Waals surface area contributed by atoms with Crippen LogP contribution >= 0.6 is 11.3 Å². The fourth-order valence-corrected chi connectivity index (χ4v) is 2.70. The maximum Gasteiger partial charge on any atom is 0.127 e. The Morgan fingerprint density at radius 2 is 1.89 bits per heavy atom. The van der Waals surface area contributed by atoms with Crippen molar-refractivity contribution in [2.24, 2.45) is 0 Å². The molecule has 19 heavy (non-hydrogen) atoms. The first kappa shape index (κ1) is 11.9. The third-order valence-corrected chi connectivity index (χ3v) is 3.63. The molecule has 0 saturated heterocycles. The number of benzene rings is 2. The molecule has 0 saturated carbocycles. The number of para-hydroxylation sites is 1. The largest absolute Gasteiger partial charge is 0.507 e. The molecule has 3 rings (SSSR count). The van der Waals surface area contributed by atoms with Gasteiger partial charge in [0.25, 0.3) is 0 Å². The third kappa shape index (κ3) is 2.35. The molecular weight excluding hydrogens is 261 g/mol. The van der Waals surface area contributed by atoms with Crippen LogP contribution in [0.25, 0.3) is 21.8 Å². The van der Waals surface area contributed by atoms with Crippen LogP contribution in [0.1, 0.15) is 0 Å². The minimum atomic E-state index is -0.283. The molecule has 94 valence electrons. The highest BCUT2D eigenvalue weighted by Gasteiger charge is 2.10. The summed E-state index contributed by atoms with van der Waals surface area (Å²) in [6.07, 6.45) is 0. The number of rotatable bonds is 2. The minimum Gasteiger partial charge on any atom is -0.507 e. The quantitative estimate of drug-likeness (QED) is 0.753. The zero-order valence-corrected chi connectivity index (χ0v) is 10.7. The topological polar surface area (TPSA) is 33.1 Å². The van der Waals surface area contributed by atoms with Gasteiger partial charge in [0, 0.05) is 10.9 Å². The monoisotopic (exact) mass is 271 g/mol. The Morgan fingerprint density at radius 1 is 1.05 bits per heavy atom. The molecule has 0 fully saturated rings. The maximum atomic E-state index is 13.2. The molecular formula is C15H10FNOS. The number of nitrogens with zero attached hydrogens (tertiary/aromatic N) is 1. The van der Waals surface area contributed by atoms with E-state index >= 15 is 0 Å². The van der Waals surface area contributed by atoms with Gasteiger partial charge in [0.1, 0.15) is 16.6 Å². The van der Waals surface area contributed by atoms with E-state index in [2.05, 4.69) is 4.98 Å². The molecule has 0 aliphatic carbocycles. The Balaban J connectivity index is 2.03. The number of hydrogen-bond acceptors (Lipinski definition) is 3. The van der Waals surface area contributed by atoms with Gasteiger partial charge >= 0.3 is 0 Å². The summed E-state index contributed by atoms with van der Waals surface area (Å²) >= 11 is 1.42. The van der Waals surface area contributed by atoms with Gasteiger partial charge in [-0.1, -0.05) is 24.3 Å². The molecule has 2 nitrogen and oxygen atoms in total. The van der Waals surface area contributed by atoms with Gasteiger partial charge in [0.2, 0.25) is 0 Å². The zero-order chi connectivity index (χ0) is 13.2. The van der Waals surface area contributed by atoms with Crippen LogP contribution in [0.5, 0.6) is 5.75 Å². The lowest BCUT2D eigenvalue weighted by Crippen LogP contribution is -1.81. The van der Waals surface area contributed by atoms with Gasteiger partial charge in [-0.15, -0.1) is 11.3 Å². The number of phenolic OH excluding ortho intramolecular Hbond substituents is 1. The third-order valence-electron chi connectivity index (χ3n) is 2.76. The molecule has 0 spiro atoms. The molecule has 0 amide bonds. The van der Waals surface area contributed by atoms with Gasteiger partial charge in [-0.3, -0.25) is 0 Å². The first-order valence-corrected chi connectivity index (χ1v) is 6.62. The molecule has 1 aromatic heterocycles. The SMILES string of the molecule is Oc1ccccc1-c1nc(-c2cccc(F)c2)cs1. The van der Waals surface area contributed by atoms with E-state index in [1.54, 1.807) is 18.2 Å². The summed E-state index contributed by atoms with van der Waals surface area (Å²) in [5.41, 5.74) is 2.14. The van der Waals surface area contributed by atoms with Crippen LogP contribution in [0.4, 0.5) is 4.39 Å². The molecule has 0 atom stereocenters. The number of thiazole rings is 1. The van der Waals surface area contributed by atoms with Crippen molar-refractivity contribution >= 4 is 11.3 Å². The first-order chi connectivity index (χ1) is 9.24. The summed E-state index contributed by atoms with van der Waals surface area (Å²) in [4.78, 5) is 4.44. The van der Waals surface area contributed by atoms with Gasteiger partial charge in [-0.05, 0) is 24.3 Å². The Kier molecular flexibility index (Phi) is 3.01. The van der Waals surface area contributed by atoms with Crippen LogP contribution in [0.15, 0.2) is 53.9 Å². The lowest BCUT2D eigenvalue weighted by atomic mass is 10.1. The molecule has 1 heterocycles. The fourth-order valence-electron chi connectivity index (χ4n) is 1.83. The Hall–Kier alpha value is -2.20. The molecule has 3 aromatic rings. The Bertz CT molecular complexity index is 723. The molecule has 0 aliphatic rings. The average molecular weight is 271 g/mol. The minimum absolute atomic E-state index is 0.197. The second-order valence-electron chi connectivity index (χ2n) is 4.07. The first-order valence-electron chi connectivity index (χ1n) is 5.74. The summed E-state index contributed by atoms with van der Waals surface area (Å²) in [6.45, 7) is 0. The molecule has 2 aromatic carbocycles. The predicted octanol–water partition coefficient (Wildman–Crippen LogP) is 4.32. The van der Waals surface area contributed by atoms with Crippen molar-refractivity contribution in [1.29, 1.82) is 0 Å². The summed E-state index contributed by atoms with van der Waals surface area (Å²) < 4.78 is 13.2. The van der Waals surface area contributed by atoms with Crippen molar-refractivity contribution in [2.45, 2.75) is 0 Å². The summed E-state index contributed by atoms with van der Waals surface area (Å²) in [5, 5.41) is 12.4. The van der Waals surface area contributed by atoms with Crippen LogP contribution in [0.3, 0.4) is 0 Å². The normalized spacial score (nSPS) is 10.6. The van der Waals surface area contributed by atoms with Gasteiger partial charge in [0.05, 0.1) is 11.3 Å². The number of halogens is 1. The Morgan fingerprint density at radius 3 is 2.68 bits per heavy atom. The van der Waals surface area contributed by atoms with Crippen molar-refractivity contribution in [3.63, 3.8) is 0 Å². The van der Waals surface area contributed by atoms with Crippen molar-refractivity contribution in [3.05, 3.63) is 59.7 Å². The number of phenols is 1. The molecule has 0 radical (unpaired) electrons. The van der Waals surface area contributed by atoms with E-state index in [1.165, 1.54) is 23.5 Å². The van der Waals surface area contributed by atoms with E-state index < -0.39 is 0 Å². The maximum absolute atomic E-state index is 13.2. The van der Waals surface area contributed by atoms with Crippen molar-refractivity contribution in [1.82, 2.24) is 4.98 Å². The molecule has 1 N–H and O–H groups in total. The Labute approximate surface area is 113 Å².